The first-order chi connectivity index (χ1) is 15.2. The van der Waals surface area contributed by atoms with Gasteiger partial charge in [-0.1, -0.05) is 55.5 Å². The first-order valence-electron chi connectivity index (χ1n) is 10.2. The number of rotatable bonds is 9. The van der Waals surface area contributed by atoms with Crippen LogP contribution in [0.1, 0.15) is 64.3 Å². The summed E-state index contributed by atoms with van der Waals surface area (Å²) in [5, 5.41) is 28.8. The van der Waals surface area contributed by atoms with Gasteiger partial charge in [-0.25, -0.2) is 14.6 Å². The number of aromatic nitrogens is 2. The van der Waals surface area contributed by atoms with Gasteiger partial charge in [-0.2, -0.15) is 0 Å². The molecule has 8 nitrogen and oxygen atoms in total. The second-order valence-electron chi connectivity index (χ2n) is 7.46. The van der Waals surface area contributed by atoms with Gasteiger partial charge in [0.25, 0.3) is 5.78 Å². The lowest BCUT2D eigenvalue weighted by Crippen LogP contribution is -2.14. The number of carbonyl (C=O) groups excluding carboxylic acids is 1. The predicted octanol–water partition coefficient (Wildman–Crippen LogP) is 3.57. The number of carboxylic acid groups (broad SMARTS) is 2. The number of carbonyl (C=O) groups is 3. The van der Waals surface area contributed by atoms with E-state index in [1.807, 2.05) is 6.92 Å². The smallest absolute Gasteiger partial charge is 0.377 e. The lowest BCUT2D eigenvalue weighted by molar-refractivity contribution is -0.131. The number of aromatic carboxylic acids is 1. The SMILES string of the molecule is CCCc1nc(C(C)O)c(C(=O)O)n1Cc1ccc(-c2ccccc2C(=O)C(=O)O)cc1. The molecule has 1 heterocycles. The van der Waals surface area contributed by atoms with Gasteiger partial charge in [0.05, 0.1) is 6.10 Å². The molecule has 3 aromatic rings. The molecule has 0 bridgehead atoms. The van der Waals surface area contributed by atoms with E-state index < -0.39 is 23.8 Å². The molecule has 3 N–H and O–H groups in total. The van der Waals surface area contributed by atoms with Gasteiger partial charge in [0.15, 0.2) is 5.69 Å². The summed E-state index contributed by atoms with van der Waals surface area (Å²) in [6.45, 7) is 3.69. The van der Waals surface area contributed by atoms with Crippen molar-refractivity contribution < 1.29 is 29.7 Å². The van der Waals surface area contributed by atoms with E-state index in [2.05, 4.69) is 4.98 Å². The Bertz CT molecular complexity index is 1160. The minimum atomic E-state index is -1.52. The van der Waals surface area contributed by atoms with Crippen LogP contribution in [0.15, 0.2) is 48.5 Å². The number of carboxylic acids is 2. The second kappa shape index (κ2) is 9.57. The second-order valence-corrected chi connectivity index (χ2v) is 7.46. The van der Waals surface area contributed by atoms with E-state index in [-0.39, 0.29) is 23.5 Å². The number of imidazole rings is 1. The van der Waals surface area contributed by atoms with E-state index in [1.54, 1.807) is 47.0 Å². The van der Waals surface area contributed by atoms with Crippen molar-refractivity contribution in [2.75, 3.05) is 0 Å². The van der Waals surface area contributed by atoms with Crippen LogP contribution in [0.2, 0.25) is 0 Å². The van der Waals surface area contributed by atoms with Crippen molar-refractivity contribution in [1.29, 1.82) is 0 Å². The van der Waals surface area contributed by atoms with Crippen molar-refractivity contribution in [2.24, 2.45) is 0 Å². The molecule has 0 amide bonds. The Hall–Kier alpha value is -3.78. The molecule has 0 saturated heterocycles. The number of nitrogens with zero attached hydrogens (tertiary/aromatic N) is 2. The predicted molar refractivity (Wildman–Crippen MR) is 117 cm³/mol. The van der Waals surface area contributed by atoms with Gasteiger partial charge in [-0.15, -0.1) is 0 Å². The highest BCUT2D eigenvalue weighted by Gasteiger charge is 2.25. The van der Waals surface area contributed by atoms with Gasteiger partial charge in [0.2, 0.25) is 0 Å². The molecule has 0 radical (unpaired) electrons. The summed E-state index contributed by atoms with van der Waals surface area (Å²) in [7, 11) is 0. The summed E-state index contributed by atoms with van der Waals surface area (Å²) in [4.78, 5) is 39.4. The molecule has 1 unspecified atom stereocenters. The Kier molecular flexibility index (Phi) is 6.85. The third kappa shape index (κ3) is 4.60. The summed E-state index contributed by atoms with van der Waals surface area (Å²) < 4.78 is 1.60. The Morgan fingerprint density at radius 2 is 1.69 bits per heavy atom. The molecule has 32 heavy (non-hydrogen) atoms. The summed E-state index contributed by atoms with van der Waals surface area (Å²) >= 11 is 0. The minimum absolute atomic E-state index is 0.0371. The molecule has 1 atom stereocenters. The lowest BCUT2D eigenvalue weighted by atomic mass is 9.96. The molecule has 3 rings (SSSR count). The topological polar surface area (TPSA) is 130 Å². The normalized spacial score (nSPS) is 11.8. The number of aliphatic carboxylic acids is 1. The Morgan fingerprint density at radius 1 is 1.03 bits per heavy atom. The Balaban J connectivity index is 1.98. The fourth-order valence-corrected chi connectivity index (χ4v) is 3.64. The van der Waals surface area contributed by atoms with Crippen LogP contribution < -0.4 is 0 Å². The Labute approximate surface area is 184 Å². The molecule has 0 aliphatic heterocycles. The van der Waals surface area contributed by atoms with Gasteiger partial charge in [-0.05, 0) is 30.0 Å². The van der Waals surface area contributed by atoms with Crippen molar-refractivity contribution in [1.82, 2.24) is 9.55 Å². The number of hydrogen-bond donors (Lipinski definition) is 3. The first kappa shape index (κ1) is 22.9. The molecule has 166 valence electrons. The largest absolute Gasteiger partial charge is 0.477 e. The maximum atomic E-state index is 12.0. The molecule has 8 heteroatoms. The van der Waals surface area contributed by atoms with Gasteiger partial charge in [0, 0.05) is 18.5 Å². The first-order valence-corrected chi connectivity index (χ1v) is 10.2. The van der Waals surface area contributed by atoms with Crippen LogP contribution in [0.4, 0.5) is 0 Å². The Morgan fingerprint density at radius 3 is 2.25 bits per heavy atom. The van der Waals surface area contributed by atoms with Crippen molar-refractivity contribution >= 4 is 17.7 Å². The maximum absolute atomic E-state index is 12.0. The summed E-state index contributed by atoms with van der Waals surface area (Å²) in [6.07, 6.45) is 0.321. The van der Waals surface area contributed by atoms with Gasteiger partial charge >= 0.3 is 11.9 Å². The highest BCUT2D eigenvalue weighted by atomic mass is 16.4. The number of ketones is 1. The molecular formula is C24H24N2O6. The number of benzene rings is 2. The summed E-state index contributed by atoms with van der Waals surface area (Å²) in [6, 6.07) is 13.6. The fraction of sp³-hybridized carbons (Fsp3) is 0.250. The average molecular weight is 436 g/mol. The molecule has 0 aliphatic carbocycles. The monoisotopic (exact) mass is 436 g/mol. The highest BCUT2D eigenvalue weighted by molar-refractivity contribution is 6.41. The zero-order valence-corrected chi connectivity index (χ0v) is 17.8. The summed E-state index contributed by atoms with van der Waals surface area (Å²) in [5.41, 5.74) is 2.17. The van der Waals surface area contributed by atoms with Crippen LogP contribution in [0.5, 0.6) is 0 Å². The molecular weight excluding hydrogens is 412 g/mol. The standard InChI is InChI=1S/C24H24N2O6/c1-3-6-19-25-20(14(2)27)21(23(29)30)26(19)13-15-9-11-16(12-10-15)17-7-4-5-8-18(17)22(28)24(31)32/h4-5,7-12,14,27H,3,6,13H2,1-2H3,(H,29,30)(H,31,32). The van der Waals surface area contributed by atoms with Crippen LogP contribution in [0.25, 0.3) is 11.1 Å². The third-order valence-corrected chi connectivity index (χ3v) is 5.12. The van der Waals surface area contributed by atoms with Crippen molar-refractivity contribution in [2.45, 2.75) is 39.3 Å². The number of hydrogen-bond acceptors (Lipinski definition) is 5. The van der Waals surface area contributed by atoms with E-state index in [4.69, 9.17) is 5.11 Å². The number of aliphatic hydroxyl groups is 1. The van der Waals surface area contributed by atoms with Gasteiger partial charge in [0.1, 0.15) is 11.5 Å². The van der Waals surface area contributed by atoms with Crippen LogP contribution >= 0.6 is 0 Å². The van der Waals surface area contributed by atoms with Crippen LogP contribution in [0, 0.1) is 0 Å². The lowest BCUT2D eigenvalue weighted by Gasteiger charge is -2.12. The van der Waals surface area contributed by atoms with E-state index in [9.17, 15) is 24.6 Å². The highest BCUT2D eigenvalue weighted by Crippen LogP contribution is 2.26. The fourth-order valence-electron chi connectivity index (χ4n) is 3.64. The van der Waals surface area contributed by atoms with Gasteiger partial charge < -0.3 is 19.9 Å². The molecule has 0 spiro atoms. The van der Waals surface area contributed by atoms with E-state index >= 15 is 0 Å². The molecule has 0 saturated carbocycles. The van der Waals surface area contributed by atoms with Crippen LogP contribution in [-0.4, -0.2) is 42.6 Å². The maximum Gasteiger partial charge on any atom is 0.377 e. The van der Waals surface area contributed by atoms with E-state index in [0.29, 0.717) is 23.4 Å². The number of aryl methyl sites for hydroxylation is 1. The van der Waals surface area contributed by atoms with Crippen LogP contribution in [-0.2, 0) is 17.8 Å². The molecule has 1 aromatic heterocycles. The molecule has 0 fully saturated rings. The zero-order chi connectivity index (χ0) is 23.4. The zero-order valence-electron chi connectivity index (χ0n) is 17.8. The third-order valence-electron chi connectivity index (χ3n) is 5.12. The molecule has 0 aliphatic rings. The van der Waals surface area contributed by atoms with Crippen molar-refractivity contribution in [3.05, 3.63) is 76.9 Å². The number of aliphatic hydroxyl groups excluding tert-OH is 1. The molecule has 2 aromatic carbocycles. The quantitative estimate of drug-likeness (QED) is 0.345. The number of Topliss-reactive ketones (excluding diaryl/α,β-unsaturated/α-hetero) is 1. The van der Waals surface area contributed by atoms with Crippen molar-refractivity contribution in [3.8, 4) is 11.1 Å². The summed E-state index contributed by atoms with van der Waals surface area (Å²) in [5.74, 6) is -3.08. The van der Waals surface area contributed by atoms with Gasteiger partial charge in [-0.3, -0.25) is 4.79 Å². The van der Waals surface area contributed by atoms with E-state index in [1.165, 1.54) is 13.0 Å². The van der Waals surface area contributed by atoms with E-state index in [0.717, 1.165) is 12.0 Å². The minimum Gasteiger partial charge on any atom is -0.477 e. The van der Waals surface area contributed by atoms with Crippen LogP contribution in [0.3, 0.4) is 0 Å². The van der Waals surface area contributed by atoms with Crippen molar-refractivity contribution in [3.63, 3.8) is 0 Å². The average Bonchev–Trinajstić information content (AvgIpc) is 3.12.